The largest absolute Gasteiger partial charge is 0.401 e. The minimum absolute atomic E-state index is 0.0148. The molecule has 0 aliphatic carbocycles. The number of hydrogen-bond acceptors (Lipinski definition) is 3. The number of aliphatic imine (C=N–C) groups is 1. The summed E-state index contributed by atoms with van der Waals surface area (Å²) in [6.07, 6.45) is -1.43. The van der Waals surface area contributed by atoms with E-state index in [-0.39, 0.29) is 6.04 Å². The lowest BCUT2D eigenvalue weighted by Gasteiger charge is -2.19. The summed E-state index contributed by atoms with van der Waals surface area (Å²) in [6, 6.07) is 8.18. The number of likely N-dealkylation sites (tertiary alicyclic amines) is 1. The first kappa shape index (κ1) is 19.9. The number of thioether (sulfide) groups is 1. The van der Waals surface area contributed by atoms with Crippen LogP contribution in [-0.2, 0) is 6.54 Å². The Morgan fingerprint density at radius 2 is 2.04 bits per heavy atom. The fourth-order valence-electron chi connectivity index (χ4n) is 2.76. The number of nitrogens with zero attached hydrogens (tertiary/aromatic N) is 2. The summed E-state index contributed by atoms with van der Waals surface area (Å²) in [4.78, 5) is 7.18. The molecule has 1 aromatic rings. The van der Waals surface area contributed by atoms with Crippen molar-refractivity contribution in [2.45, 2.75) is 37.0 Å². The average molecular weight is 374 g/mol. The molecule has 1 fully saturated rings. The minimum atomic E-state index is -4.14. The number of alkyl halides is 3. The predicted molar refractivity (Wildman–Crippen MR) is 97.1 cm³/mol. The third kappa shape index (κ3) is 7.15. The molecule has 1 aliphatic rings. The van der Waals surface area contributed by atoms with E-state index in [1.807, 2.05) is 25.3 Å². The Morgan fingerprint density at radius 1 is 1.32 bits per heavy atom. The van der Waals surface area contributed by atoms with Gasteiger partial charge in [-0.3, -0.25) is 4.90 Å². The quantitative estimate of drug-likeness (QED) is 0.456. The van der Waals surface area contributed by atoms with Gasteiger partial charge in [-0.25, -0.2) is 4.99 Å². The molecule has 2 rings (SSSR count). The van der Waals surface area contributed by atoms with Gasteiger partial charge in [-0.05, 0) is 37.3 Å². The summed E-state index contributed by atoms with van der Waals surface area (Å²) in [5.74, 6) is 0.648. The number of hydrogen-bond donors (Lipinski definition) is 2. The summed E-state index contributed by atoms with van der Waals surface area (Å²) < 4.78 is 37.4. The van der Waals surface area contributed by atoms with Crippen LogP contribution in [0, 0.1) is 0 Å². The lowest BCUT2D eigenvalue weighted by Crippen LogP contribution is -2.45. The Labute approximate surface area is 151 Å². The van der Waals surface area contributed by atoms with Crippen LogP contribution in [-0.4, -0.2) is 55.5 Å². The van der Waals surface area contributed by atoms with Gasteiger partial charge in [0.1, 0.15) is 0 Å². The first-order chi connectivity index (χ1) is 11.9. The molecule has 0 radical (unpaired) electrons. The molecular formula is C17H25F3N4S. The van der Waals surface area contributed by atoms with Gasteiger partial charge in [0.05, 0.1) is 13.1 Å². The van der Waals surface area contributed by atoms with Crippen molar-refractivity contribution in [2.24, 2.45) is 4.99 Å². The second kappa shape index (κ2) is 9.33. The van der Waals surface area contributed by atoms with Crippen molar-refractivity contribution in [3.8, 4) is 0 Å². The zero-order chi connectivity index (χ0) is 18.3. The highest BCUT2D eigenvalue weighted by Gasteiger charge is 2.34. The number of nitrogens with one attached hydrogen (secondary N) is 2. The topological polar surface area (TPSA) is 39.7 Å². The highest BCUT2D eigenvalue weighted by atomic mass is 32.2. The predicted octanol–water partition coefficient (Wildman–Crippen LogP) is 3.10. The minimum Gasteiger partial charge on any atom is -0.357 e. The lowest BCUT2D eigenvalue weighted by atomic mass is 10.2. The molecule has 1 atom stereocenters. The van der Waals surface area contributed by atoms with Crippen LogP contribution >= 0.6 is 11.8 Å². The molecule has 1 heterocycles. The summed E-state index contributed by atoms with van der Waals surface area (Å²) in [5.41, 5.74) is 1.10. The molecule has 0 spiro atoms. The van der Waals surface area contributed by atoms with Gasteiger partial charge in [0.15, 0.2) is 5.96 Å². The van der Waals surface area contributed by atoms with E-state index in [4.69, 9.17) is 0 Å². The van der Waals surface area contributed by atoms with Crippen LogP contribution in [0.4, 0.5) is 13.2 Å². The summed E-state index contributed by atoms with van der Waals surface area (Å²) in [5, 5.41) is 6.41. The van der Waals surface area contributed by atoms with E-state index >= 15 is 0 Å². The maximum atomic E-state index is 12.5. The molecule has 0 amide bonds. The Hall–Kier alpha value is -1.41. The summed E-state index contributed by atoms with van der Waals surface area (Å²) in [6.45, 7) is 3.19. The molecule has 1 aromatic carbocycles. The maximum Gasteiger partial charge on any atom is 0.401 e. The van der Waals surface area contributed by atoms with Crippen molar-refractivity contribution in [1.29, 1.82) is 0 Å². The zero-order valence-electron chi connectivity index (χ0n) is 14.6. The van der Waals surface area contributed by atoms with Gasteiger partial charge in [0, 0.05) is 30.6 Å². The van der Waals surface area contributed by atoms with Crippen molar-refractivity contribution in [3.63, 3.8) is 0 Å². The molecule has 8 heteroatoms. The average Bonchev–Trinajstić information content (AvgIpc) is 2.98. The Kier molecular flexibility index (Phi) is 7.43. The second-order valence-electron chi connectivity index (χ2n) is 6.02. The molecule has 0 saturated carbocycles. The van der Waals surface area contributed by atoms with Gasteiger partial charge < -0.3 is 10.6 Å². The Morgan fingerprint density at radius 3 is 2.64 bits per heavy atom. The monoisotopic (exact) mass is 374 g/mol. The standard InChI is InChI=1S/C17H25F3N4S/c1-3-21-16(22-10-13-4-6-15(25-2)7-5-13)23-14-8-9-24(11-14)12-17(18,19)20/h4-7,14H,3,8-12H2,1-2H3,(H2,21,22,23). The molecule has 4 nitrogen and oxygen atoms in total. The molecule has 25 heavy (non-hydrogen) atoms. The SMILES string of the molecule is CCNC(=NCc1ccc(SC)cc1)NC1CCN(CC(F)(F)F)C1. The third-order valence-corrected chi connectivity index (χ3v) is 4.68. The van der Waals surface area contributed by atoms with Crippen LogP contribution in [0.1, 0.15) is 18.9 Å². The number of rotatable bonds is 6. The molecule has 1 saturated heterocycles. The van der Waals surface area contributed by atoms with E-state index in [0.717, 1.165) is 5.56 Å². The van der Waals surface area contributed by atoms with E-state index in [1.165, 1.54) is 9.80 Å². The Balaban J connectivity index is 1.89. The van der Waals surface area contributed by atoms with Crippen molar-refractivity contribution in [2.75, 3.05) is 32.4 Å². The van der Waals surface area contributed by atoms with E-state index < -0.39 is 12.7 Å². The van der Waals surface area contributed by atoms with Gasteiger partial charge >= 0.3 is 6.18 Å². The van der Waals surface area contributed by atoms with Gasteiger partial charge in [-0.2, -0.15) is 13.2 Å². The van der Waals surface area contributed by atoms with E-state index in [0.29, 0.717) is 38.6 Å². The Bertz CT molecular complexity index is 560. The normalized spacial score (nSPS) is 19.2. The molecule has 1 unspecified atom stereocenters. The van der Waals surface area contributed by atoms with Crippen LogP contribution in [0.3, 0.4) is 0 Å². The number of benzene rings is 1. The van der Waals surface area contributed by atoms with Gasteiger partial charge in [0.2, 0.25) is 0 Å². The summed E-state index contributed by atoms with van der Waals surface area (Å²) in [7, 11) is 0. The van der Waals surface area contributed by atoms with Crippen molar-refractivity contribution in [3.05, 3.63) is 29.8 Å². The highest BCUT2D eigenvalue weighted by molar-refractivity contribution is 7.98. The van der Waals surface area contributed by atoms with Gasteiger partial charge in [0.25, 0.3) is 0 Å². The van der Waals surface area contributed by atoms with E-state index in [9.17, 15) is 13.2 Å². The molecule has 140 valence electrons. The first-order valence-corrected chi connectivity index (χ1v) is 9.59. The van der Waals surface area contributed by atoms with Gasteiger partial charge in [-0.15, -0.1) is 11.8 Å². The first-order valence-electron chi connectivity index (χ1n) is 8.36. The molecular weight excluding hydrogens is 349 g/mol. The fourth-order valence-corrected chi connectivity index (χ4v) is 3.17. The highest BCUT2D eigenvalue weighted by Crippen LogP contribution is 2.20. The maximum absolute atomic E-state index is 12.5. The van der Waals surface area contributed by atoms with Crippen LogP contribution in [0.2, 0.25) is 0 Å². The van der Waals surface area contributed by atoms with Crippen LogP contribution in [0.15, 0.2) is 34.2 Å². The molecule has 2 N–H and O–H groups in total. The van der Waals surface area contributed by atoms with Crippen LogP contribution in [0.5, 0.6) is 0 Å². The van der Waals surface area contributed by atoms with Crippen molar-refractivity contribution >= 4 is 17.7 Å². The fraction of sp³-hybridized carbons (Fsp3) is 0.588. The van der Waals surface area contributed by atoms with Crippen LogP contribution < -0.4 is 10.6 Å². The molecule has 1 aliphatic heterocycles. The molecule has 0 bridgehead atoms. The van der Waals surface area contributed by atoms with Crippen LogP contribution in [0.25, 0.3) is 0 Å². The van der Waals surface area contributed by atoms with E-state index in [1.54, 1.807) is 11.8 Å². The van der Waals surface area contributed by atoms with E-state index in [2.05, 4.69) is 27.8 Å². The number of halogens is 3. The van der Waals surface area contributed by atoms with Gasteiger partial charge in [-0.1, -0.05) is 12.1 Å². The second-order valence-corrected chi connectivity index (χ2v) is 6.90. The molecule has 0 aromatic heterocycles. The third-order valence-electron chi connectivity index (χ3n) is 3.94. The zero-order valence-corrected chi connectivity index (χ0v) is 15.4. The lowest BCUT2D eigenvalue weighted by molar-refractivity contribution is -0.143. The number of guanidine groups is 1. The summed E-state index contributed by atoms with van der Waals surface area (Å²) >= 11 is 1.69. The smallest absolute Gasteiger partial charge is 0.357 e. The van der Waals surface area contributed by atoms with Crippen molar-refractivity contribution < 1.29 is 13.2 Å². The van der Waals surface area contributed by atoms with Crippen molar-refractivity contribution in [1.82, 2.24) is 15.5 Å².